The minimum absolute atomic E-state index is 0.00110. The van der Waals surface area contributed by atoms with Crippen LogP contribution in [0.25, 0.3) is 0 Å². The summed E-state index contributed by atoms with van der Waals surface area (Å²) in [5.41, 5.74) is 2.18. The third-order valence-corrected chi connectivity index (χ3v) is 4.02. The van der Waals surface area contributed by atoms with E-state index in [-0.39, 0.29) is 11.2 Å². The lowest BCUT2D eigenvalue weighted by Gasteiger charge is -2.21. The van der Waals surface area contributed by atoms with Gasteiger partial charge >= 0.3 is 0 Å². The highest BCUT2D eigenvalue weighted by Crippen LogP contribution is 2.36. The predicted octanol–water partition coefficient (Wildman–Crippen LogP) is 3.29. The van der Waals surface area contributed by atoms with Crippen molar-refractivity contribution in [3.8, 4) is 0 Å². The third-order valence-electron chi connectivity index (χ3n) is 2.57. The Morgan fingerprint density at radius 1 is 1.50 bits per heavy atom. The second-order valence-corrected chi connectivity index (χ2v) is 5.63. The van der Waals surface area contributed by atoms with Crippen molar-refractivity contribution in [2.24, 2.45) is 0 Å². The van der Waals surface area contributed by atoms with Gasteiger partial charge in [0.25, 0.3) is 0 Å². The van der Waals surface area contributed by atoms with E-state index in [1.807, 2.05) is 6.92 Å². The maximum Gasteiger partial charge on any atom is 0.237 e. The molecule has 2 nitrogen and oxygen atoms in total. The summed E-state index contributed by atoms with van der Waals surface area (Å²) in [6.07, 6.45) is 1.94. The molecule has 1 N–H and O–H groups in total. The van der Waals surface area contributed by atoms with E-state index in [4.69, 9.17) is 11.6 Å². The number of carbonyl (C=O) groups excluding carboxylic acids is 1. The number of anilines is 1. The van der Waals surface area contributed by atoms with Gasteiger partial charge in [-0.05, 0) is 37.5 Å². The molecule has 2 rings (SSSR count). The van der Waals surface area contributed by atoms with Crippen LogP contribution in [0.5, 0.6) is 0 Å². The summed E-state index contributed by atoms with van der Waals surface area (Å²) in [4.78, 5) is 12.7. The van der Waals surface area contributed by atoms with Gasteiger partial charge in [-0.1, -0.05) is 6.07 Å². The van der Waals surface area contributed by atoms with Gasteiger partial charge in [0, 0.05) is 10.8 Å². The highest BCUT2D eigenvalue weighted by Gasteiger charge is 2.22. The molecule has 1 unspecified atom stereocenters. The number of hydrogen-bond donors (Lipinski definition) is 1. The second-order valence-electron chi connectivity index (χ2n) is 3.87. The van der Waals surface area contributed by atoms with Crippen LogP contribution in [-0.4, -0.2) is 17.0 Å². The summed E-state index contributed by atoms with van der Waals surface area (Å²) < 4.78 is 0. The molecule has 1 aliphatic heterocycles. The molecule has 1 aromatic carbocycles. The number of hydrogen-bond acceptors (Lipinski definition) is 2. The Hall–Kier alpha value is -0.670. The SMILES string of the molecule is CC1Sc2ccc(CCCCl)cc2NC1=O. The van der Waals surface area contributed by atoms with Gasteiger partial charge in [-0.25, -0.2) is 0 Å². The Kier molecular flexibility index (Phi) is 3.77. The van der Waals surface area contributed by atoms with Crippen LogP contribution in [0.3, 0.4) is 0 Å². The first-order valence-corrected chi connectivity index (χ1v) is 6.78. The van der Waals surface area contributed by atoms with Crippen LogP contribution in [0.1, 0.15) is 18.9 Å². The maximum absolute atomic E-state index is 11.5. The molecule has 0 aromatic heterocycles. The number of nitrogens with one attached hydrogen (secondary N) is 1. The lowest BCUT2D eigenvalue weighted by molar-refractivity contribution is -0.115. The van der Waals surface area contributed by atoms with Crippen molar-refractivity contribution in [1.29, 1.82) is 0 Å². The van der Waals surface area contributed by atoms with E-state index in [2.05, 4.69) is 23.5 Å². The van der Waals surface area contributed by atoms with Crippen molar-refractivity contribution in [1.82, 2.24) is 0 Å². The summed E-state index contributed by atoms with van der Waals surface area (Å²) in [6, 6.07) is 6.25. The molecule has 16 heavy (non-hydrogen) atoms. The van der Waals surface area contributed by atoms with E-state index < -0.39 is 0 Å². The molecule has 0 bridgehead atoms. The predicted molar refractivity (Wildman–Crippen MR) is 69.4 cm³/mol. The lowest BCUT2D eigenvalue weighted by atomic mass is 10.1. The van der Waals surface area contributed by atoms with Crippen molar-refractivity contribution in [3.05, 3.63) is 23.8 Å². The van der Waals surface area contributed by atoms with Crippen LogP contribution < -0.4 is 5.32 Å². The van der Waals surface area contributed by atoms with Gasteiger partial charge in [0.15, 0.2) is 0 Å². The molecule has 86 valence electrons. The van der Waals surface area contributed by atoms with Crippen LogP contribution in [0.2, 0.25) is 0 Å². The van der Waals surface area contributed by atoms with E-state index in [0.717, 1.165) is 23.4 Å². The topological polar surface area (TPSA) is 29.1 Å². The summed E-state index contributed by atoms with van der Waals surface area (Å²) >= 11 is 7.28. The summed E-state index contributed by atoms with van der Waals surface area (Å²) in [7, 11) is 0. The van der Waals surface area contributed by atoms with Crippen molar-refractivity contribution in [2.45, 2.75) is 29.9 Å². The number of halogens is 1. The highest BCUT2D eigenvalue weighted by atomic mass is 35.5. The van der Waals surface area contributed by atoms with E-state index in [1.54, 1.807) is 11.8 Å². The Morgan fingerprint density at radius 2 is 2.31 bits per heavy atom. The fraction of sp³-hybridized carbons (Fsp3) is 0.417. The van der Waals surface area contributed by atoms with Crippen LogP contribution >= 0.6 is 23.4 Å². The van der Waals surface area contributed by atoms with Crippen molar-refractivity contribution >= 4 is 35.0 Å². The number of benzene rings is 1. The number of fused-ring (bicyclic) bond motifs is 1. The minimum atomic E-state index is 0.00110. The first-order valence-electron chi connectivity index (χ1n) is 5.37. The van der Waals surface area contributed by atoms with Crippen LogP contribution in [-0.2, 0) is 11.2 Å². The van der Waals surface area contributed by atoms with Crippen molar-refractivity contribution in [3.63, 3.8) is 0 Å². The quantitative estimate of drug-likeness (QED) is 0.840. The molecule has 1 heterocycles. The molecule has 1 aliphatic rings. The molecule has 0 spiro atoms. The number of aryl methyl sites for hydroxylation is 1. The number of carbonyl (C=O) groups is 1. The van der Waals surface area contributed by atoms with E-state index in [9.17, 15) is 4.79 Å². The maximum atomic E-state index is 11.5. The van der Waals surface area contributed by atoms with Gasteiger partial charge < -0.3 is 5.32 Å². The Balaban J connectivity index is 2.19. The number of rotatable bonds is 3. The lowest BCUT2D eigenvalue weighted by Crippen LogP contribution is -2.26. The molecule has 0 aliphatic carbocycles. The standard InChI is InChI=1S/C12H14ClNOS/c1-8-12(15)14-10-7-9(3-2-6-13)4-5-11(10)16-8/h4-5,7-8H,2-3,6H2,1H3,(H,14,15). The smallest absolute Gasteiger partial charge is 0.237 e. The van der Waals surface area contributed by atoms with E-state index >= 15 is 0 Å². The first-order chi connectivity index (χ1) is 7.70. The summed E-state index contributed by atoms with van der Waals surface area (Å²) in [5, 5.41) is 2.93. The molecule has 0 saturated heterocycles. The van der Waals surface area contributed by atoms with Crippen LogP contribution in [0.4, 0.5) is 5.69 Å². The Bertz CT molecular complexity index is 408. The minimum Gasteiger partial charge on any atom is -0.324 e. The average molecular weight is 256 g/mol. The fourth-order valence-electron chi connectivity index (χ4n) is 1.68. The molecule has 4 heteroatoms. The number of alkyl halides is 1. The zero-order chi connectivity index (χ0) is 11.5. The Morgan fingerprint density at radius 3 is 3.06 bits per heavy atom. The van der Waals surface area contributed by atoms with E-state index in [1.165, 1.54) is 5.56 Å². The molecule has 0 radical (unpaired) electrons. The summed E-state index contributed by atoms with van der Waals surface area (Å²) in [6.45, 7) is 1.92. The number of thioether (sulfide) groups is 1. The monoisotopic (exact) mass is 255 g/mol. The largest absolute Gasteiger partial charge is 0.324 e. The summed E-state index contributed by atoms with van der Waals surface area (Å²) in [5.74, 6) is 0.766. The zero-order valence-corrected chi connectivity index (χ0v) is 10.7. The fourth-order valence-corrected chi connectivity index (χ4v) is 2.75. The molecule has 0 saturated carbocycles. The van der Waals surface area contributed by atoms with Gasteiger partial charge in [-0.15, -0.1) is 23.4 Å². The van der Waals surface area contributed by atoms with Gasteiger partial charge in [0.05, 0.1) is 10.9 Å². The third kappa shape index (κ3) is 2.53. The van der Waals surface area contributed by atoms with Crippen molar-refractivity contribution < 1.29 is 4.79 Å². The number of amides is 1. The van der Waals surface area contributed by atoms with Gasteiger partial charge in [-0.2, -0.15) is 0 Å². The molecule has 1 amide bonds. The van der Waals surface area contributed by atoms with Crippen LogP contribution in [0.15, 0.2) is 23.1 Å². The van der Waals surface area contributed by atoms with E-state index in [0.29, 0.717) is 5.88 Å². The first kappa shape index (κ1) is 11.8. The molecule has 1 aromatic rings. The highest BCUT2D eigenvalue weighted by molar-refractivity contribution is 8.00. The Labute approximate surface area is 105 Å². The molecular formula is C12H14ClNOS. The average Bonchev–Trinajstić information content (AvgIpc) is 2.28. The van der Waals surface area contributed by atoms with Gasteiger partial charge in [-0.3, -0.25) is 4.79 Å². The van der Waals surface area contributed by atoms with Crippen molar-refractivity contribution in [2.75, 3.05) is 11.2 Å². The molecular weight excluding hydrogens is 242 g/mol. The zero-order valence-electron chi connectivity index (χ0n) is 9.13. The second kappa shape index (κ2) is 5.11. The normalized spacial score (nSPS) is 19.1. The van der Waals surface area contributed by atoms with Gasteiger partial charge in [0.1, 0.15) is 0 Å². The molecule has 0 fully saturated rings. The van der Waals surface area contributed by atoms with Crippen LogP contribution in [0, 0.1) is 0 Å². The molecule has 1 atom stereocenters. The van der Waals surface area contributed by atoms with Gasteiger partial charge in [0.2, 0.25) is 5.91 Å².